The van der Waals surface area contributed by atoms with Crippen LogP contribution in [0.1, 0.15) is 22.6 Å². The highest BCUT2D eigenvalue weighted by atomic mass is 16.3. The normalized spacial score (nSPS) is 13.9. The van der Waals surface area contributed by atoms with Gasteiger partial charge in [0.15, 0.2) is 0 Å². The van der Waals surface area contributed by atoms with Gasteiger partial charge in [-0.05, 0) is 118 Å². The first kappa shape index (κ1) is 32.5. The van der Waals surface area contributed by atoms with Crippen molar-refractivity contribution in [1.29, 1.82) is 0 Å². The van der Waals surface area contributed by atoms with Crippen LogP contribution in [0.3, 0.4) is 0 Å². The second kappa shape index (κ2) is 12.4. The monoisotopic (exact) mass is 752 g/mol. The number of nitrogens with zero attached hydrogens (tertiary/aromatic N) is 2. The lowest BCUT2D eigenvalue weighted by atomic mass is 9.75. The Morgan fingerprint density at radius 2 is 1.07 bits per heavy atom. The zero-order chi connectivity index (χ0) is 38.6. The van der Waals surface area contributed by atoms with Crippen LogP contribution >= 0.6 is 0 Å². The summed E-state index contributed by atoms with van der Waals surface area (Å²) in [6, 6.07) is 73.3. The highest BCUT2D eigenvalue weighted by molar-refractivity contribution is 6.24. The van der Waals surface area contributed by atoms with Gasteiger partial charge in [-0.3, -0.25) is 0 Å². The fourth-order valence-electron chi connectivity index (χ4n) is 10.2. The molecular weight excluding hydrogens is 717 g/mol. The van der Waals surface area contributed by atoms with Crippen molar-refractivity contribution in [3.8, 4) is 33.6 Å². The van der Waals surface area contributed by atoms with E-state index >= 15 is 0 Å². The third-order valence-corrected chi connectivity index (χ3v) is 12.9. The van der Waals surface area contributed by atoms with Gasteiger partial charge in [-0.1, -0.05) is 127 Å². The van der Waals surface area contributed by atoms with E-state index < -0.39 is 0 Å². The van der Waals surface area contributed by atoms with E-state index in [1.54, 1.807) is 0 Å². The highest BCUT2D eigenvalue weighted by Crippen LogP contribution is 2.45. The summed E-state index contributed by atoms with van der Waals surface area (Å²) in [6.07, 6.45) is 1.00. The summed E-state index contributed by atoms with van der Waals surface area (Å²) in [5.41, 5.74) is 18.1. The van der Waals surface area contributed by atoms with Crippen LogP contribution in [0.5, 0.6) is 0 Å². The van der Waals surface area contributed by atoms with E-state index in [1.165, 1.54) is 71.7 Å². The Hall–Kier alpha value is -7.62. The van der Waals surface area contributed by atoms with Crippen LogP contribution in [0.25, 0.3) is 99.2 Å². The minimum absolute atomic E-state index is 0.356. The molecule has 1 aliphatic carbocycles. The van der Waals surface area contributed by atoms with Gasteiger partial charge in [-0.25, -0.2) is 0 Å². The first-order valence-electron chi connectivity index (χ1n) is 20.5. The first-order chi connectivity index (χ1) is 29.3. The van der Waals surface area contributed by atoms with E-state index in [1.807, 2.05) is 0 Å². The van der Waals surface area contributed by atoms with E-state index in [4.69, 9.17) is 4.42 Å². The molecule has 13 rings (SSSR count). The predicted octanol–water partition coefficient (Wildman–Crippen LogP) is 14.8. The third-order valence-electron chi connectivity index (χ3n) is 12.9. The Labute approximate surface area is 340 Å². The molecule has 3 nitrogen and oxygen atoms in total. The molecule has 59 heavy (non-hydrogen) atoms. The van der Waals surface area contributed by atoms with Gasteiger partial charge < -0.3 is 13.6 Å². The fourth-order valence-corrected chi connectivity index (χ4v) is 10.2. The van der Waals surface area contributed by atoms with Crippen LogP contribution in [0.4, 0.5) is 0 Å². The molecule has 0 spiro atoms. The van der Waals surface area contributed by atoms with Crippen molar-refractivity contribution < 1.29 is 4.42 Å². The van der Waals surface area contributed by atoms with Gasteiger partial charge in [0.2, 0.25) is 0 Å². The molecule has 0 radical (unpaired) electrons. The topological polar surface area (TPSA) is 23.0 Å². The molecule has 1 aliphatic rings. The lowest BCUT2D eigenvalue weighted by Crippen LogP contribution is -2.12. The summed E-state index contributed by atoms with van der Waals surface area (Å²) in [4.78, 5) is 0. The minimum atomic E-state index is 0.356. The molecule has 0 amide bonds. The number of hydrogen-bond donors (Lipinski definition) is 0. The Kier molecular flexibility index (Phi) is 6.84. The maximum absolute atomic E-state index is 6.80. The molecule has 276 valence electrons. The van der Waals surface area contributed by atoms with E-state index in [0.717, 1.165) is 50.6 Å². The lowest BCUT2D eigenvalue weighted by molar-refractivity contribution is 0.673. The molecule has 0 N–H and O–H groups in total. The second-order valence-electron chi connectivity index (χ2n) is 16.0. The quantitative estimate of drug-likeness (QED) is 0.176. The minimum Gasteiger partial charge on any atom is -0.455 e. The molecule has 0 bridgehead atoms. The molecule has 9 aromatic carbocycles. The largest absolute Gasteiger partial charge is 0.455 e. The molecule has 0 fully saturated rings. The van der Waals surface area contributed by atoms with Gasteiger partial charge in [0.1, 0.15) is 11.2 Å². The number of fused-ring (bicyclic) bond motifs is 13. The second-order valence-corrected chi connectivity index (χ2v) is 16.0. The zero-order valence-electron chi connectivity index (χ0n) is 32.1. The average molecular weight is 753 g/mol. The summed E-state index contributed by atoms with van der Waals surface area (Å²) in [7, 11) is 0. The molecule has 0 saturated heterocycles. The smallest absolute Gasteiger partial charge is 0.145 e. The zero-order valence-corrected chi connectivity index (χ0v) is 32.1. The van der Waals surface area contributed by atoms with Crippen molar-refractivity contribution in [2.75, 3.05) is 0 Å². The van der Waals surface area contributed by atoms with Crippen LogP contribution < -0.4 is 0 Å². The number of benzene rings is 9. The number of hydrogen-bond acceptors (Lipinski definition) is 1. The van der Waals surface area contributed by atoms with Crippen molar-refractivity contribution in [1.82, 2.24) is 9.13 Å². The van der Waals surface area contributed by atoms with E-state index in [0.29, 0.717) is 5.92 Å². The molecule has 1 unspecified atom stereocenters. The van der Waals surface area contributed by atoms with E-state index in [2.05, 4.69) is 209 Å². The van der Waals surface area contributed by atoms with Crippen molar-refractivity contribution in [3.05, 3.63) is 217 Å². The molecule has 0 aliphatic heterocycles. The molecule has 0 saturated carbocycles. The van der Waals surface area contributed by atoms with Crippen molar-refractivity contribution >= 4 is 65.6 Å². The Balaban J connectivity index is 0.949. The SMILES string of the molecule is c1ccc(C2Cc3ccc(-c4ccc5c(c4)c4ccccc4n5-c4ccc5oc6c(ccc7c6c6ccccc6n7-c6ccccc6)c5c4)cc3-c3ccccc32)cc1. The summed E-state index contributed by atoms with van der Waals surface area (Å²) in [5, 5.41) is 7.05. The van der Waals surface area contributed by atoms with Gasteiger partial charge in [-0.2, -0.15) is 0 Å². The van der Waals surface area contributed by atoms with Gasteiger partial charge in [0.05, 0.1) is 27.5 Å². The summed E-state index contributed by atoms with van der Waals surface area (Å²) < 4.78 is 11.6. The number of furan rings is 1. The van der Waals surface area contributed by atoms with Crippen LogP contribution in [-0.4, -0.2) is 9.13 Å². The maximum atomic E-state index is 6.80. The molecule has 3 aromatic heterocycles. The molecule has 1 atom stereocenters. The number of aromatic nitrogens is 2. The Morgan fingerprint density at radius 3 is 1.93 bits per heavy atom. The third kappa shape index (κ3) is 4.76. The fraction of sp³-hybridized carbons (Fsp3) is 0.0357. The van der Waals surface area contributed by atoms with Crippen LogP contribution in [0.15, 0.2) is 205 Å². The van der Waals surface area contributed by atoms with Crippen LogP contribution in [0, 0.1) is 0 Å². The Morgan fingerprint density at radius 1 is 0.407 bits per heavy atom. The molecule has 3 heteroatoms. The predicted molar refractivity (Wildman–Crippen MR) is 245 cm³/mol. The van der Waals surface area contributed by atoms with Crippen LogP contribution in [0.2, 0.25) is 0 Å². The van der Waals surface area contributed by atoms with Gasteiger partial charge in [0, 0.05) is 44.2 Å². The standard InChI is InChI=1S/C56H36N2O/c1-3-13-35(14-4-1)46-33-38-24-23-36(31-47(38)42-18-8-7-17-41(42)46)37-25-28-52-48(32-37)43-19-9-11-21-50(43)58(52)40-26-30-54-49(34-40)44-27-29-53-55(56(44)59-54)45-20-10-12-22-51(45)57(53)39-15-5-2-6-16-39/h1-32,34,46H,33H2. The van der Waals surface area contributed by atoms with Crippen molar-refractivity contribution in [2.45, 2.75) is 12.3 Å². The Bertz CT molecular complexity index is 3640. The van der Waals surface area contributed by atoms with Gasteiger partial charge in [-0.15, -0.1) is 0 Å². The maximum Gasteiger partial charge on any atom is 0.145 e. The van der Waals surface area contributed by atoms with Gasteiger partial charge >= 0.3 is 0 Å². The average Bonchev–Trinajstić information content (AvgIpc) is 3.96. The summed E-state index contributed by atoms with van der Waals surface area (Å²) in [6.45, 7) is 0. The van der Waals surface area contributed by atoms with Crippen molar-refractivity contribution in [3.63, 3.8) is 0 Å². The first-order valence-corrected chi connectivity index (χ1v) is 20.5. The lowest BCUT2D eigenvalue weighted by Gasteiger charge is -2.29. The highest BCUT2D eigenvalue weighted by Gasteiger charge is 2.26. The molecule has 12 aromatic rings. The van der Waals surface area contributed by atoms with E-state index in [9.17, 15) is 0 Å². The number of para-hydroxylation sites is 3. The van der Waals surface area contributed by atoms with Crippen molar-refractivity contribution in [2.24, 2.45) is 0 Å². The summed E-state index contributed by atoms with van der Waals surface area (Å²) in [5.74, 6) is 0.356. The molecular formula is C56H36N2O. The number of rotatable bonds is 4. The molecule has 3 heterocycles. The van der Waals surface area contributed by atoms with Crippen LogP contribution in [-0.2, 0) is 6.42 Å². The van der Waals surface area contributed by atoms with E-state index in [-0.39, 0.29) is 0 Å². The van der Waals surface area contributed by atoms with Gasteiger partial charge in [0.25, 0.3) is 0 Å². The summed E-state index contributed by atoms with van der Waals surface area (Å²) >= 11 is 0.